The number of aromatic nitrogens is 2. The van der Waals surface area contributed by atoms with Crippen LogP contribution in [0.2, 0.25) is 0 Å². The highest BCUT2D eigenvalue weighted by atomic mass is 127. The third-order valence-corrected chi connectivity index (χ3v) is 2.88. The maximum absolute atomic E-state index is 5.68. The molecule has 1 heterocycles. The fraction of sp³-hybridized carbons (Fsp3) is 0.250. The third kappa shape index (κ3) is 2.75. The first-order valence-electron chi connectivity index (χ1n) is 5.13. The Morgan fingerprint density at radius 3 is 2.44 bits per heavy atom. The molecular formula is C12H13IN2O. The van der Waals surface area contributed by atoms with Crippen molar-refractivity contribution in [3.8, 4) is 11.5 Å². The molecule has 0 amide bonds. The average molecular weight is 328 g/mol. The van der Waals surface area contributed by atoms with Crippen LogP contribution in [0.25, 0.3) is 0 Å². The second-order valence-electron chi connectivity index (χ2n) is 3.81. The molecule has 0 spiro atoms. The smallest absolute Gasteiger partial charge is 0.165 e. The van der Waals surface area contributed by atoms with Crippen LogP contribution >= 0.6 is 22.6 Å². The van der Waals surface area contributed by atoms with Gasteiger partial charge in [0.25, 0.3) is 0 Å². The summed E-state index contributed by atoms with van der Waals surface area (Å²) in [5.74, 6) is 1.61. The van der Waals surface area contributed by atoms with Crippen molar-refractivity contribution in [2.24, 2.45) is 0 Å². The molecule has 4 heteroatoms. The Hall–Kier alpha value is -1.04. The number of hydrogen-bond donors (Lipinski definition) is 0. The van der Waals surface area contributed by atoms with Gasteiger partial charge in [0.2, 0.25) is 0 Å². The molecule has 1 aromatic heterocycles. The third-order valence-electron chi connectivity index (χ3n) is 2.16. The molecule has 0 radical (unpaired) electrons. The van der Waals surface area contributed by atoms with Crippen LogP contribution in [0.3, 0.4) is 0 Å². The summed E-state index contributed by atoms with van der Waals surface area (Å²) in [6.45, 7) is 4.17. The van der Waals surface area contributed by atoms with Gasteiger partial charge in [-0.25, -0.2) is 0 Å². The summed E-state index contributed by atoms with van der Waals surface area (Å²) in [6, 6.07) is 8.29. The highest BCUT2D eigenvalue weighted by molar-refractivity contribution is 14.1. The zero-order valence-electron chi connectivity index (χ0n) is 9.22. The summed E-state index contributed by atoms with van der Waals surface area (Å²) in [4.78, 5) is 0. The number of ether oxygens (including phenoxy) is 1. The second-order valence-corrected chi connectivity index (χ2v) is 5.05. The summed E-state index contributed by atoms with van der Waals surface area (Å²) in [6.07, 6.45) is 3.64. The number of halogens is 1. The van der Waals surface area contributed by atoms with Gasteiger partial charge in [0.1, 0.15) is 5.75 Å². The molecule has 0 N–H and O–H groups in total. The molecule has 0 atom stereocenters. The van der Waals surface area contributed by atoms with Crippen LogP contribution in [0.4, 0.5) is 0 Å². The average Bonchev–Trinajstić information content (AvgIpc) is 2.70. The maximum atomic E-state index is 5.68. The van der Waals surface area contributed by atoms with Crippen molar-refractivity contribution in [1.29, 1.82) is 0 Å². The monoisotopic (exact) mass is 328 g/mol. The number of benzene rings is 1. The first-order chi connectivity index (χ1) is 7.65. The van der Waals surface area contributed by atoms with Gasteiger partial charge in [0.15, 0.2) is 5.75 Å². The van der Waals surface area contributed by atoms with Crippen molar-refractivity contribution in [2.45, 2.75) is 19.9 Å². The van der Waals surface area contributed by atoms with Crippen LogP contribution in [0, 0.1) is 3.57 Å². The van der Waals surface area contributed by atoms with Crippen molar-refractivity contribution < 1.29 is 4.74 Å². The molecule has 0 aliphatic carbocycles. The van der Waals surface area contributed by atoms with Gasteiger partial charge < -0.3 is 4.74 Å². The largest absolute Gasteiger partial charge is 0.454 e. The van der Waals surface area contributed by atoms with Crippen LogP contribution in [-0.2, 0) is 0 Å². The van der Waals surface area contributed by atoms with Crippen LogP contribution in [0.1, 0.15) is 19.9 Å². The van der Waals surface area contributed by atoms with E-state index in [9.17, 15) is 0 Å². The molecule has 0 bridgehead atoms. The zero-order chi connectivity index (χ0) is 11.5. The van der Waals surface area contributed by atoms with Gasteiger partial charge >= 0.3 is 0 Å². The predicted octanol–water partition coefficient (Wildman–Crippen LogP) is 3.86. The lowest BCUT2D eigenvalue weighted by Gasteiger charge is -2.04. The van der Waals surface area contributed by atoms with Crippen LogP contribution in [-0.4, -0.2) is 9.78 Å². The molecule has 0 saturated heterocycles. The minimum atomic E-state index is 0.356. The Bertz CT molecular complexity index is 462. The molecule has 2 aromatic rings. The Kier molecular flexibility index (Phi) is 3.48. The van der Waals surface area contributed by atoms with Gasteiger partial charge in [0, 0.05) is 9.61 Å². The molecule has 0 aliphatic heterocycles. The summed E-state index contributed by atoms with van der Waals surface area (Å²) in [5, 5.41) is 4.22. The predicted molar refractivity (Wildman–Crippen MR) is 71.8 cm³/mol. The van der Waals surface area contributed by atoms with Crippen LogP contribution in [0.15, 0.2) is 36.7 Å². The minimum Gasteiger partial charge on any atom is -0.454 e. The quantitative estimate of drug-likeness (QED) is 0.800. The van der Waals surface area contributed by atoms with E-state index in [-0.39, 0.29) is 0 Å². The molecular weight excluding hydrogens is 315 g/mol. The zero-order valence-corrected chi connectivity index (χ0v) is 11.4. The lowest BCUT2D eigenvalue weighted by molar-refractivity contribution is 0.477. The van der Waals surface area contributed by atoms with E-state index in [0.717, 1.165) is 11.5 Å². The molecule has 1 aromatic carbocycles. The van der Waals surface area contributed by atoms with Gasteiger partial charge in [-0.2, -0.15) is 5.10 Å². The van der Waals surface area contributed by atoms with Crippen molar-refractivity contribution in [3.63, 3.8) is 0 Å². The van der Waals surface area contributed by atoms with Gasteiger partial charge in [0.05, 0.1) is 12.4 Å². The topological polar surface area (TPSA) is 27.1 Å². The highest BCUT2D eigenvalue weighted by Gasteiger charge is 2.03. The second kappa shape index (κ2) is 4.86. The number of nitrogens with zero attached hydrogens (tertiary/aromatic N) is 2. The summed E-state index contributed by atoms with van der Waals surface area (Å²) >= 11 is 2.27. The molecule has 2 rings (SSSR count). The van der Waals surface area contributed by atoms with Gasteiger partial charge in [-0.3, -0.25) is 4.68 Å². The van der Waals surface area contributed by atoms with E-state index in [1.54, 1.807) is 6.20 Å². The molecule has 84 valence electrons. The van der Waals surface area contributed by atoms with Crippen LogP contribution < -0.4 is 4.74 Å². The first kappa shape index (κ1) is 11.4. The van der Waals surface area contributed by atoms with Crippen molar-refractivity contribution in [1.82, 2.24) is 9.78 Å². The van der Waals surface area contributed by atoms with E-state index in [1.165, 1.54) is 3.57 Å². The van der Waals surface area contributed by atoms with Crippen molar-refractivity contribution in [3.05, 3.63) is 40.2 Å². The van der Waals surface area contributed by atoms with Gasteiger partial charge in [-0.05, 0) is 60.7 Å². The lowest BCUT2D eigenvalue weighted by atomic mass is 10.3. The van der Waals surface area contributed by atoms with E-state index in [1.807, 2.05) is 35.1 Å². The summed E-state index contributed by atoms with van der Waals surface area (Å²) in [7, 11) is 0. The molecule has 0 fully saturated rings. The Labute approximate surface area is 109 Å². The number of rotatable bonds is 3. The first-order valence-corrected chi connectivity index (χ1v) is 6.20. The number of hydrogen-bond acceptors (Lipinski definition) is 2. The fourth-order valence-corrected chi connectivity index (χ4v) is 1.65. The maximum Gasteiger partial charge on any atom is 0.165 e. The molecule has 16 heavy (non-hydrogen) atoms. The Morgan fingerprint density at radius 2 is 1.88 bits per heavy atom. The van der Waals surface area contributed by atoms with Gasteiger partial charge in [-0.1, -0.05) is 0 Å². The fourth-order valence-electron chi connectivity index (χ4n) is 1.29. The molecule has 0 unspecified atom stereocenters. The van der Waals surface area contributed by atoms with E-state index in [2.05, 4.69) is 41.5 Å². The normalized spacial score (nSPS) is 10.8. The Morgan fingerprint density at radius 1 is 1.19 bits per heavy atom. The standard InChI is InChI=1S/C12H13IN2O/c1-9(2)15-8-12(7-14-15)16-11-5-3-10(13)4-6-11/h3-9H,1-2H3. The lowest BCUT2D eigenvalue weighted by Crippen LogP contribution is -1.99. The van der Waals surface area contributed by atoms with E-state index in [0.29, 0.717) is 6.04 Å². The highest BCUT2D eigenvalue weighted by Crippen LogP contribution is 2.22. The van der Waals surface area contributed by atoms with Crippen LogP contribution in [0.5, 0.6) is 11.5 Å². The molecule has 3 nitrogen and oxygen atoms in total. The van der Waals surface area contributed by atoms with E-state index >= 15 is 0 Å². The van der Waals surface area contributed by atoms with Crippen molar-refractivity contribution >= 4 is 22.6 Å². The van der Waals surface area contributed by atoms with E-state index in [4.69, 9.17) is 4.74 Å². The Balaban J connectivity index is 2.11. The molecule has 0 saturated carbocycles. The van der Waals surface area contributed by atoms with Gasteiger partial charge in [-0.15, -0.1) is 0 Å². The SMILES string of the molecule is CC(C)n1cc(Oc2ccc(I)cc2)cn1. The summed E-state index contributed by atoms with van der Waals surface area (Å²) < 4.78 is 8.75. The minimum absolute atomic E-state index is 0.356. The van der Waals surface area contributed by atoms with Crippen molar-refractivity contribution in [2.75, 3.05) is 0 Å². The van der Waals surface area contributed by atoms with E-state index < -0.39 is 0 Å². The molecule has 0 aliphatic rings. The summed E-state index contributed by atoms with van der Waals surface area (Å²) in [5.41, 5.74) is 0.